The first-order valence-corrected chi connectivity index (χ1v) is 7.38. The summed E-state index contributed by atoms with van der Waals surface area (Å²) in [6.45, 7) is 6.00. The van der Waals surface area contributed by atoms with Crippen LogP contribution in [0.1, 0.15) is 37.7 Å². The molecule has 0 spiro atoms. The Kier molecular flexibility index (Phi) is 5.68. The molecule has 0 amide bonds. The van der Waals surface area contributed by atoms with Crippen LogP contribution in [0.2, 0.25) is 0 Å². The van der Waals surface area contributed by atoms with Crippen molar-refractivity contribution in [1.82, 2.24) is 25.1 Å². The predicted octanol–water partition coefficient (Wildman–Crippen LogP) is 1.98. The number of hydrogen-bond donors (Lipinski definition) is 1. The summed E-state index contributed by atoms with van der Waals surface area (Å²) in [7, 11) is 1.67. The van der Waals surface area contributed by atoms with Gasteiger partial charge in [0.1, 0.15) is 17.9 Å². The Bertz CT molecular complexity index is 555. The molecule has 0 bridgehead atoms. The van der Waals surface area contributed by atoms with E-state index >= 15 is 0 Å². The van der Waals surface area contributed by atoms with Crippen molar-refractivity contribution >= 4 is 0 Å². The Morgan fingerprint density at radius 2 is 2.24 bits per heavy atom. The number of aryl methyl sites for hydroxylation is 1. The van der Waals surface area contributed by atoms with Gasteiger partial charge in [0.2, 0.25) is 0 Å². The second-order valence-electron chi connectivity index (χ2n) is 4.83. The first-order chi connectivity index (χ1) is 10.3. The molecule has 1 N–H and O–H groups in total. The molecule has 0 aromatic carbocycles. The zero-order valence-electron chi connectivity index (χ0n) is 12.9. The SMILES string of the molecule is CCCn1ncnc1CC(NCC)c1ccncc1OC. The Morgan fingerprint density at radius 1 is 1.38 bits per heavy atom. The minimum absolute atomic E-state index is 0.132. The molecule has 0 fully saturated rings. The molecule has 6 heteroatoms. The van der Waals surface area contributed by atoms with Gasteiger partial charge in [0.25, 0.3) is 0 Å². The minimum atomic E-state index is 0.132. The van der Waals surface area contributed by atoms with E-state index in [0.29, 0.717) is 0 Å². The Hall–Kier alpha value is -1.95. The summed E-state index contributed by atoms with van der Waals surface area (Å²) in [6, 6.07) is 2.12. The molecule has 1 unspecified atom stereocenters. The number of ether oxygens (including phenoxy) is 1. The summed E-state index contributed by atoms with van der Waals surface area (Å²) >= 11 is 0. The smallest absolute Gasteiger partial charge is 0.141 e. The average Bonchev–Trinajstić information content (AvgIpc) is 2.94. The molecular formula is C15H23N5O. The first-order valence-electron chi connectivity index (χ1n) is 7.38. The van der Waals surface area contributed by atoms with E-state index in [9.17, 15) is 0 Å². The van der Waals surface area contributed by atoms with Crippen molar-refractivity contribution in [3.8, 4) is 5.75 Å². The van der Waals surface area contributed by atoms with Gasteiger partial charge in [-0.1, -0.05) is 13.8 Å². The molecule has 0 radical (unpaired) electrons. The Balaban J connectivity index is 2.24. The van der Waals surface area contributed by atoms with Gasteiger partial charge >= 0.3 is 0 Å². The number of rotatable bonds is 8. The summed E-state index contributed by atoms with van der Waals surface area (Å²) in [5, 5.41) is 7.78. The number of pyridine rings is 1. The number of aromatic nitrogens is 4. The third-order valence-corrected chi connectivity index (χ3v) is 3.38. The van der Waals surface area contributed by atoms with E-state index in [2.05, 4.69) is 34.2 Å². The summed E-state index contributed by atoms with van der Waals surface area (Å²) in [5.74, 6) is 1.78. The van der Waals surface area contributed by atoms with Crippen molar-refractivity contribution in [1.29, 1.82) is 0 Å². The number of nitrogens with one attached hydrogen (secondary N) is 1. The maximum Gasteiger partial charge on any atom is 0.141 e. The molecule has 2 rings (SSSR count). The van der Waals surface area contributed by atoms with Crippen LogP contribution in [-0.2, 0) is 13.0 Å². The summed E-state index contributed by atoms with van der Waals surface area (Å²) in [4.78, 5) is 8.51. The monoisotopic (exact) mass is 289 g/mol. The second kappa shape index (κ2) is 7.73. The lowest BCUT2D eigenvalue weighted by atomic mass is 10.0. The summed E-state index contributed by atoms with van der Waals surface area (Å²) in [6.07, 6.45) is 6.97. The van der Waals surface area contributed by atoms with E-state index in [1.807, 2.05) is 10.7 Å². The number of hydrogen-bond acceptors (Lipinski definition) is 5. The van der Waals surface area contributed by atoms with Crippen LogP contribution < -0.4 is 10.1 Å². The van der Waals surface area contributed by atoms with Crippen molar-refractivity contribution in [2.75, 3.05) is 13.7 Å². The first kappa shape index (κ1) is 15.4. The van der Waals surface area contributed by atoms with Gasteiger partial charge in [-0.15, -0.1) is 0 Å². The van der Waals surface area contributed by atoms with E-state index < -0.39 is 0 Å². The van der Waals surface area contributed by atoms with Gasteiger partial charge in [0, 0.05) is 30.8 Å². The van der Waals surface area contributed by atoms with Gasteiger partial charge in [-0.3, -0.25) is 9.67 Å². The van der Waals surface area contributed by atoms with Gasteiger partial charge < -0.3 is 10.1 Å². The van der Waals surface area contributed by atoms with Crippen LogP contribution in [0.5, 0.6) is 5.75 Å². The molecule has 0 aliphatic rings. The highest BCUT2D eigenvalue weighted by Crippen LogP contribution is 2.26. The fourth-order valence-electron chi connectivity index (χ4n) is 2.41. The molecular weight excluding hydrogens is 266 g/mol. The van der Waals surface area contributed by atoms with Crippen LogP contribution in [0.15, 0.2) is 24.8 Å². The second-order valence-corrected chi connectivity index (χ2v) is 4.83. The number of methoxy groups -OCH3 is 1. The average molecular weight is 289 g/mol. The molecule has 2 heterocycles. The minimum Gasteiger partial charge on any atom is -0.495 e. The van der Waals surface area contributed by atoms with E-state index in [-0.39, 0.29) is 6.04 Å². The highest BCUT2D eigenvalue weighted by molar-refractivity contribution is 5.33. The summed E-state index contributed by atoms with van der Waals surface area (Å²) in [5.41, 5.74) is 1.10. The molecule has 0 saturated heterocycles. The largest absolute Gasteiger partial charge is 0.495 e. The van der Waals surface area contributed by atoms with Gasteiger partial charge in [0.05, 0.1) is 13.3 Å². The van der Waals surface area contributed by atoms with Crippen molar-refractivity contribution < 1.29 is 4.74 Å². The van der Waals surface area contributed by atoms with Crippen molar-refractivity contribution in [3.05, 3.63) is 36.2 Å². The van der Waals surface area contributed by atoms with E-state index in [0.717, 1.165) is 43.1 Å². The van der Waals surface area contributed by atoms with Crippen LogP contribution in [0.3, 0.4) is 0 Å². The van der Waals surface area contributed by atoms with Crippen molar-refractivity contribution in [3.63, 3.8) is 0 Å². The van der Waals surface area contributed by atoms with Crippen LogP contribution in [0.4, 0.5) is 0 Å². The standard InChI is InChI=1S/C15H23N5O/c1-4-8-20-15(18-11-19-20)9-13(17-5-2)12-6-7-16-10-14(12)21-3/h6-7,10-11,13,17H,4-5,8-9H2,1-3H3. The van der Waals surface area contributed by atoms with Gasteiger partial charge in [-0.25, -0.2) is 4.98 Å². The fourth-order valence-corrected chi connectivity index (χ4v) is 2.41. The Labute approximate surface area is 125 Å². The zero-order chi connectivity index (χ0) is 15.1. The highest BCUT2D eigenvalue weighted by Gasteiger charge is 2.18. The molecule has 114 valence electrons. The molecule has 2 aromatic heterocycles. The van der Waals surface area contributed by atoms with Crippen LogP contribution >= 0.6 is 0 Å². The number of nitrogens with zero attached hydrogens (tertiary/aromatic N) is 4. The van der Waals surface area contributed by atoms with Gasteiger partial charge in [-0.2, -0.15) is 5.10 Å². The van der Waals surface area contributed by atoms with Gasteiger partial charge in [0.15, 0.2) is 0 Å². The maximum atomic E-state index is 5.42. The lowest BCUT2D eigenvalue weighted by Crippen LogP contribution is -2.25. The van der Waals surface area contributed by atoms with E-state index in [4.69, 9.17) is 4.74 Å². The van der Waals surface area contributed by atoms with Crippen molar-refractivity contribution in [2.24, 2.45) is 0 Å². The van der Waals surface area contributed by atoms with E-state index in [1.54, 1.807) is 25.8 Å². The molecule has 0 saturated carbocycles. The predicted molar refractivity (Wildman–Crippen MR) is 81.2 cm³/mol. The van der Waals surface area contributed by atoms with E-state index in [1.165, 1.54) is 0 Å². The highest BCUT2D eigenvalue weighted by atomic mass is 16.5. The lowest BCUT2D eigenvalue weighted by Gasteiger charge is -2.20. The normalized spacial score (nSPS) is 12.3. The fraction of sp³-hybridized carbons (Fsp3) is 0.533. The molecule has 21 heavy (non-hydrogen) atoms. The topological polar surface area (TPSA) is 64.9 Å². The molecule has 0 aliphatic carbocycles. The molecule has 0 aliphatic heterocycles. The van der Waals surface area contributed by atoms with Crippen LogP contribution in [0.25, 0.3) is 0 Å². The maximum absolute atomic E-state index is 5.42. The lowest BCUT2D eigenvalue weighted by molar-refractivity contribution is 0.395. The molecule has 2 aromatic rings. The summed E-state index contributed by atoms with van der Waals surface area (Å²) < 4.78 is 7.39. The van der Waals surface area contributed by atoms with Crippen LogP contribution in [-0.4, -0.2) is 33.4 Å². The quantitative estimate of drug-likeness (QED) is 0.805. The third-order valence-electron chi connectivity index (χ3n) is 3.38. The molecule has 6 nitrogen and oxygen atoms in total. The zero-order valence-corrected chi connectivity index (χ0v) is 12.9. The van der Waals surface area contributed by atoms with Crippen LogP contribution in [0, 0.1) is 0 Å². The number of likely N-dealkylation sites (N-methyl/N-ethyl adjacent to an activating group) is 1. The third kappa shape index (κ3) is 3.78. The molecule has 1 atom stereocenters. The van der Waals surface area contributed by atoms with Gasteiger partial charge in [-0.05, 0) is 19.0 Å². The Morgan fingerprint density at radius 3 is 2.95 bits per heavy atom. The van der Waals surface area contributed by atoms with Crippen molar-refractivity contribution in [2.45, 2.75) is 39.3 Å².